The molecule has 0 spiro atoms. The van der Waals surface area contributed by atoms with Gasteiger partial charge in [-0.2, -0.15) is 11.8 Å². The summed E-state index contributed by atoms with van der Waals surface area (Å²) in [5, 5.41) is 0. The summed E-state index contributed by atoms with van der Waals surface area (Å²) >= 11 is 1.72. The SMILES string of the molecule is CCC(C)N(Cc1ccccc1)C(=O)Cn1c(CSC)nc2ccccc21. The van der Waals surface area contributed by atoms with Crippen LogP contribution in [-0.2, 0) is 23.6 Å². The van der Waals surface area contributed by atoms with Gasteiger partial charge in [0.05, 0.1) is 16.8 Å². The minimum atomic E-state index is 0.138. The summed E-state index contributed by atoms with van der Waals surface area (Å²) in [5.41, 5.74) is 3.14. The number of imidazole rings is 1. The van der Waals surface area contributed by atoms with Crippen molar-refractivity contribution in [2.45, 2.75) is 45.2 Å². The van der Waals surface area contributed by atoms with Crippen LogP contribution in [0.5, 0.6) is 0 Å². The smallest absolute Gasteiger partial charge is 0.243 e. The van der Waals surface area contributed by atoms with Gasteiger partial charge in [-0.3, -0.25) is 4.79 Å². The fraction of sp³-hybridized carbons (Fsp3) is 0.364. The van der Waals surface area contributed by atoms with E-state index in [-0.39, 0.29) is 11.9 Å². The number of hydrogen-bond acceptors (Lipinski definition) is 3. The third-order valence-corrected chi connectivity index (χ3v) is 5.49. The molecule has 5 heteroatoms. The Morgan fingerprint density at radius 2 is 1.85 bits per heavy atom. The molecule has 0 bridgehead atoms. The summed E-state index contributed by atoms with van der Waals surface area (Å²) in [6, 6.07) is 18.4. The molecule has 1 heterocycles. The predicted octanol–water partition coefficient (Wildman–Crippen LogP) is 4.73. The van der Waals surface area contributed by atoms with Crippen molar-refractivity contribution in [2.75, 3.05) is 6.26 Å². The van der Waals surface area contributed by atoms with Crippen LogP contribution in [0.15, 0.2) is 54.6 Å². The summed E-state index contributed by atoms with van der Waals surface area (Å²) < 4.78 is 2.08. The quantitative estimate of drug-likeness (QED) is 0.566. The first-order chi connectivity index (χ1) is 13.1. The third kappa shape index (κ3) is 4.53. The highest BCUT2D eigenvalue weighted by molar-refractivity contribution is 7.97. The monoisotopic (exact) mass is 381 g/mol. The number of amides is 1. The number of rotatable bonds is 8. The first-order valence-electron chi connectivity index (χ1n) is 9.40. The second kappa shape index (κ2) is 9.09. The normalized spacial score (nSPS) is 12.3. The van der Waals surface area contributed by atoms with E-state index in [0.29, 0.717) is 13.1 Å². The Hall–Kier alpha value is -2.27. The van der Waals surface area contributed by atoms with Crippen molar-refractivity contribution in [2.24, 2.45) is 0 Å². The molecule has 0 saturated carbocycles. The van der Waals surface area contributed by atoms with Crippen molar-refractivity contribution < 1.29 is 4.79 Å². The highest BCUT2D eigenvalue weighted by atomic mass is 32.2. The summed E-state index contributed by atoms with van der Waals surface area (Å²) in [4.78, 5) is 20.0. The molecule has 4 nitrogen and oxygen atoms in total. The molecule has 0 N–H and O–H groups in total. The Morgan fingerprint density at radius 3 is 2.56 bits per heavy atom. The number of benzene rings is 2. The highest BCUT2D eigenvalue weighted by Crippen LogP contribution is 2.20. The number of carbonyl (C=O) groups excluding carboxylic acids is 1. The largest absolute Gasteiger partial charge is 0.334 e. The number of carbonyl (C=O) groups is 1. The van der Waals surface area contributed by atoms with Gasteiger partial charge in [0.25, 0.3) is 0 Å². The molecule has 2 aromatic carbocycles. The zero-order valence-electron chi connectivity index (χ0n) is 16.3. The van der Waals surface area contributed by atoms with Gasteiger partial charge in [-0.15, -0.1) is 0 Å². The van der Waals surface area contributed by atoms with E-state index in [1.54, 1.807) is 11.8 Å². The lowest BCUT2D eigenvalue weighted by atomic mass is 10.1. The summed E-state index contributed by atoms with van der Waals surface area (Å²) in [5.74, 6) is 1.89. The Morgan fingerprint density at radius 1 is 1.15 bits per heavy atom. The zero-order valence-corrected chi connectivity index (χ0v) is 17.1. The molecule has 0 radical (unpaired) electrons. The molecule has 1 aromatic heterocycles. The molecule has 1 atom stereocenters. The number of hydrogen-bond donors (Lipinski definition) is 0. The van der Waals surface area contributed by atoms with E-state index in [1.165, 1.54) is 0 Å². The van der Waals surface area contributed by atoms with Crippen molar-refractivity contribution in [3.63, 3.8) is 0 Å². The van der Waals surface area contributed by atoms with E-state index < -0.39 is 0 Å². The zero-order chi connectivity index (χ0) is 19.2. The van der Waals surface area contributed by atoms with Gasteiger partial charge in [0.1, 0.15) is 12.4 Å². The van der Waals surface area contributed by atoms with Crippen LogP contribution in [0.1, 0.15) is 31.7 Å². The van der Waals surface area contributed by atoms with Gasteiger partial charge >= 0.3 is 0 Å². The topological polar surface area (TPSA) is 38.1 Å². The maximum absolute atomic E-state index is 13.3. The minimum absolute atomic E-state index is 0.138. The van der Waals surface area contributed by atoms with Gasteiger partial charge in [0, 0.05) is 12.6 Å². The van der Waals surface area contributed by atoms with E-state index in [1.807, 2.05) is 47.4 Å². The van der Waals surface area contributed by atoms with Crippen LogP contribution in [0, 0.1) is 0 Å². The first kappa shape index (κ1) is 19.5. The molecule has 3 rings (SSSR count). The Bertz CT molecular complexity index is 891. The number of para-hydroxylation sites is 2. The number of thioether (sulfide) groups is 1. The Labute approximate surface area is 165 Å². The average Bonchev–Trinajstić information content (AvgIpc) is 3.04. The predicted molar refractivity (Wildman–Crippen MR) is 114 cm³/mol. The van der Waals surface area contributed by atoms with Crippen LogP contribution in [0.25, 0.3) is 11.0 Å². The van der Waals surface area contributed by atoms with Gasteiger partial charge in [0.15, 0.2) is 0 Å². The van der Waals surface area contributed by atoms with E-state index in [9.17, 15) is 4.79 Å². The van der Waals surface area contributed by atoms with Crippen LogP contribution in [-0.4, -0.2) is 32.7 Å². The van der Waals surface area contributed by atoms with Gasteiger partial charge in [0.2, 0.25) is 5.91 Å². The molecule has 27 heavy (non-hydrogen) atoms. The molecule has 0 aliphatic rings. The van der Waals surface area contributed by atoms with Gasteiger partial charge < -0.3 is 9.47 Å². The lowest BCUT2D eigenvalue weighted by Gasteiger charge is -2.29. The van der Waals surface area contributed by atoms with Crippen molar-refractivity contribution in [1.29, 1.82) is 0 Å². The summed E-state index contributed by atoms with van der Waals surface area (Å²) in [7, 11) is 0. The molecule has 0 aliphatic carbocycles. The van der Waals surface area contributed by atoms with Gasteiger partial charge in [-0.25, -0.2) is 4.98 Å². The number of fused-ring (bicyclic) bond motifs is 1. The van der Waals surface area contributed by atoms with Crippen molar-refractivity contribution in [3.8, 4) is 0 Å². The van der Waals surface area contributed by atoms with Crippen LogP contribution < -0.4 is 0 Å². The summed E-state index contributed by atoms with van der Waals surface area (Å²) in [6.07, 6.45) is 2.99. The van der Waals surface area contributed by atoms with Crippen molar-refractivity contribution >= 4 is 28.7 Å². The molecular formula is C22H27N3OS. The first-order valence-corrected chi connectivity index (χ1v) is 10.8. The molecule has 1 amide bonds. The fourth-order valence-electron chi connectivity index (χ4n) is 3.26. The molecule has 0 aliphatic heterocycles. The second-order valence-corrected chi connectivity index (χ2v) is 7.67. The van der Waals surface area contributed by atoms with Crippen LogP contribution in [0.4, 0.5) is 0 Å². The molecule has 142 valence electrons. The third-order valence-electron chi connectivity index (χ3n) is 4.94. The fourth-order valence-corrected chi connectivity index (χ4v) is 3.74. The lowest BCUT2D eigenvalue weighted by molar-refractivity contribution is -0.134. The standard InChI is InChI=1S/C22H27N3OS/c1-4-17(2)24(14-18-10-6-5-7-11-18)22(26)15-25-20-13-9-8-12-19(20)23-21(25)16-27-3/h5-13,17H,4,14-16H2,1-3H3. The molecule has 0 fully saturated rings. The van der Waals surface area contributed by atoms with Crippen LogP contribution in [0.3, 0.4) is 0 Å². The Kier molecular flexibility index (Phi) is 6.56. The molecule has 1 unspecified atom stereocenters. The maximum Gasteiger partial charge on any atom is 0.243 e. The lowest BCUT2D eigenvalue weighted by Crippen LogP contribution is -2.40. The van der Waals surface area contributed by atoms with Crippen LogP contribution in [0.2, 0.25) is 0 Å². The second-order valence-electron chi connectivity index (χ2n) is 6.80. The van der Waals surface area contributed by atoms with Crippen molar-refractivity contribution in [3.05, 3.63) is 66.0 Å². The van der Waals surface area contributed by atoms with Gasteiger partial charge in [-0.05, 0) is 37.3 Å². The number of nitrogens with zero attached hydrogens (tertiary/aromatic N) is 3. The van der Waals surface area contributed by atoms with Crippen LogP contribution >= 0.6 is 11.8 Å². The maximum atomic E-state index is 13.3. The van der Waals surface area contributed by atoms with E-state index in [0.717, 1.165) is 34.6 Å². The molecule has 0 saturated heterocycles. The summed E-state index contributed by atoms with van der Waals surface area (Å²) in [6.45, 7) is 5.21. The Balaban J connectivity index is 1.89. The average molecular weight is 382 g/mol. The van der Waals surface area contributed by atoms with Gasteiger partial charge in [-0.1, -0.05) is 49.4 Å². The molecular weight excluding hydrogens is 354 g/mol. The van der Waals surface area contributed by atoms with E-state index in [4.69, 9.17) is 4.98 Å². The molecule has 3 aromatic rings. The highest BCUT2D eigenvalue weighted by Gasteiger charge is 2.21. The number of aromatic nitrogens is 2. The van der Waals surface area contributed by atoms with E-state index >= 15 is 0 Å². The minimum Gasteiger partial charge on any atom is -0.334 e. The van der Waals surface area contributed by atoms with E-state index in [2.05, 4.69) is 36.8 Å². The van der Waals surface area contributed by atoms with Crippen molar-refractivity contribution in [1.82, 2.24) is 14.5 Å².